The summed E-state index contributed by atoms with van der Waals surface area (Å²) in [7, 11) is 0. The molecule has 0 aliphatic heterocycles. The predicted octanol–water partition coefficient (Wildman–Crippen LogP) is 5.24. The van der Waals surface area contributed by atoms with E-state index in [1.54, 1.807) is 13.8 Å². The fourth-order valence-electron chi connectivity index (χ4n) is 4.41. The third kappa shape index (κ3) is 7.45. The summed E-state index contributed by atoms with van der Waals surface area (Å²) in [5, 5.41) is 9.41. The van der Waals surface area contributed by atoms with Crippen LogP contribution in [0.25, 0.3) is 22.2 Å². The van der Waals surface area contributed by atoms with Gasteiger partial charge < -0.3 is 20.3 Å². The number of ether oxygens (including phenoxy) is 1. The minimum absolute atomic E-state index is 0.115. The first kappa shape index (κ1) is 28.3. The van der Waals surface area contributed by atoms with E-state index in [2.05, 4.69) is 25.4 Å². The van der Waals surface area contributed by atoms with E-state index in [1.807, 2.05) is 37.4 Å². The second kappa shape index (κ2) is 13.4. The van der Waals surface area contributed by atoms with Gasteiger partial charge in [0.25, 0.3) is 0 Å². The van der Waals surface area contributed by atoms with E-state index in [1.165, 1.54) is 0 Å². The normalized spacial score (nSPS) is 12.0. The molecule has 0 spiro atoms. The van der Waals surface area contributed by atoms with Gasteiger partial charge in [0, 0.05) is 36.2 Å². The third-order valence-electron chi connectivity index (χ3n) is 6.38. The lowest BCUT2D eigenvalue weighted by atomic mass is 9.92. The molecule has 39 heavy (non-hydrogen) atoms. The second-order valence-electron chi connectivity index (χ2n) is 9.49. The topological polar surface area (TPSA) is 146 Å². The first-order valence-corrected chi connectivity index (χ1v) is 14.0. The van der Waals surface area contributed by atoms with E-state index >= 15 is 0 Å². The van der Waals surface area contributed by atoms with Crippen molar-refractivity contribution in [3.05, 3.63) is 52.6 Å². The van der Waals surface area contributed by atoms with Gasteiger partial charge in [0.2, 0.25) is 17.6 Å². The fourth-order valence-corrected chi connectivity index (χ4v) is 5.29. The summed E-state index contributed by atoms with van der Waals surface area (Å²) in [6, 6.07) is 8.02. The highest BCUT2D eigenvalue weighted by Crippen LogP contribution is 2.28. The number of aryl methyl sites for hydroxylation is 3. The molecule has 4 aromatic rings. The summed E-state index contributed by atoms with van der Waals surface area (Å²) < 4.78 is 10.4. The van der Waals surface area contributed by atoms with Crippen LogP contribution in [0.4, 0.5) is 5.13 Å². The van der Waals surface area contributed by atoms with E-state index in [0.29, 0.717) is 53.4 Å². The predicted molar refractivity (Wildman–Crippen MR) is 151 cm³/mol. The number of aromatic nitrogens is 4. The van der Waals surface area contributed by atoms with Crippen molar-refractivity contribution in [2.75, 3.05) is 18.5 Å². The highest BCUT2D eigenvalue weighted by atomic mass is 32.1. The molecular weight excluding hydrogens is 516 g/mol. The summed E-state index contributed by atoms with van der Waals surface area (Å²) in [4.78, 5) is 38.9. The maximum Gasteiger partial charge on any atom is 0.350 e. The third-order valence-corrected chi connectivity index (χ3v) is 7.43. The quantitative estimate of drug-likeness (QED) is 0.213. The number of nitrogens with one attached hydrogen (secondary N) is 1. The summed E-state index contributed by atoms with van der Waals surface area (Å²) in [5.74, 6) is 0.621. The van der Waals surface area contributed by atoms with Crippen molar-refractivity contribution in [1.29, 1.82) is 0 Å². The van der Waals surface area contributed by atoms with Crippen molar-refractivity contribution in [1.82, 2.24) is 20.1 Å². The van der Waals surface area contributed by atoms with Crippen molar-refractivity contribution in [2.24, 2.45) is 11.7 Å². The standard InChI is InChI=1S/C28H34N6O4S/c1-4-14-37-27(36)25-17(2)31-28(39-25)33-24(35)15-19(6-5-12-29)7-10-23-22-16-21(26-32-18(3)38-34-26)9-8-20(22)11-13-30-23/h8-9,11,13,16,19H,4-7,10,12,14-15,29H2,1-3H3,(H,31,33,35)/t19-/m1/s1. The number of anilines is 1. The number of fused-ring (bicyclic) bond motifs is 1. The van der Waals surface area contributed by atoms with E-state index in [9.17, 15) is 9.59 Å². The van der Waals surface area contributed by atoms with Crippen molar-refractivity contribution in [3.8, 4) is 11.4 Å². The Morgan fingerprint density at radius 3 is 2.77 bits per heavy atom. The zero-order chi connectivity index (χ0) is 27.8. The minimum Gasteiger partial charge on any atom is -0.461 e. The van der Waals surface area contributed by atoms with Gasteiger partial charge in [-0.15, -0.1) is 0 Å². The van der Waals surface area contributed by atoms with Gasteiger partial charge >= 0.3 is 5.97 Å². The Labute approximate surface area is 231 Å². The number of thiazole rings is 1. The summed E-state index contributed by atoms with van der Waals surface area (Å²) in [6.07, 6.45) is 6.01. The van der Waals surface area contributed by atoms with Crippen LogP contribution < -0.4 is 11.1 Å². The van der Waals surface area contributed by atoms with Crippen LogP contribution in [0.2, 0.25) is 0 Å². The molecule has 0 saturated carbocycles. The average Bonchev–Trinajstić information content (AvgIpc) is 3.53. The van der Waals surface area contributed by atoms with Gasteiger partial charge in [-0.3, -0.25) is 9.78 Å². The van der Waals surface area contributed by atoms with E-state index < -0.39 is 5.97 Å². The molecule has 0 aliphatic rings. The van der Waals surface area contributed by atoms with Gasteiger partial charge in [-0.2, -0.15) is 4.98 Å². The minimum atomic E-state index is -0.409. The molecular formula is C28H34N6O4S. The number of carbonyl (C=O) groups excluding carboxylic acids is 2. The van der Waals surface area contributed by atoms with Crippen LogP contribution in [0.1, 0.15) is 66.0 Å². The molecule has 10 nitrogen and oxygen atoms in total. The Bertz CT molecular complexity index is 1430. The molecule has 0 saturated heterocycles. The Morgan fingerprint density at radius 2 is 2.03 bits per heavy atom. The fraction of sp³-hybridized carbons (Fsp3) is 0.429. The number of hydrogen-bond acceptors (Lipinski definition) is 10. The zero-order valence-corrected chi connectivity index (χ0v) is 23.3. The van der Waals surface area contributed by atoms with Gasteiger partial charge in [-0.05, 0) is 69.0 Å². The number of esters is 1. The van der Waals surface area contributed by atoms with Crippen molar-refractivity contribution in [2.45, 2.75) is 59.3 Å². The molecule has 3 aromatic heterocycles. The van der Waals surface area contributed by atoms with Gasteiger partial charge in [0.1, 0.15) is 4.88 Å². The number of rotatable bonds is 13. The number of pyridine rings is 1. The zero-order valence-electron chi connectivity index (χ0n) is 22.5. The van der Waals surface area contributed by atoms with Crippen molar-refractivity contribution < 1.29 is 18.8 Å². The maximum absolute atomic E-state index is 12.9. The van der Waals surface area contributed by atoms with Crippen LogP contribution in [-0.2, 0) is 16.0 Å². The molecule has 3 heterocycles. The number of carbonyl (C=O) groups is 2. The molecule has 0 aliphatic carbocycles. The number of amides is 1. The highest BCUT2D eigenvalue weighted by molar-refractivity contribution is 7.17. The first-order valence-electron chi connectivity index (χ1n) is 13.2. The Morgan fingerprint density at radius 1 is 1.18 bits per heavy atom. The van der Waals surface area contributed by atoms with Crippen LogP contribution in [0.3, 0.4) is 0 Å². The van der Waals surface area contributed by atoms with E-state index in [-0.39, 0.29) is 11.8 Å². The molecule has 0 unspecified atom stereocenters. The number of nitrogens with two attached hydrogens (primary N) is 1. The molecule has 3 N–H and O–H groups in total. The molecule has 0 radical (unpaired) electrons. The molecule has 0 bridgehead atoms. The van der Waals surface area contributed by atoms with Crippen molar-refractivity contribution >= 4 is 39.1 Å². The summed E-state index contributed by atoms with van der Waals surface area (Å²) >= 11 is 1.14. The number of hydrogen-bond donors (Lipinski definition) is 2. The first-order chi connectivity index (χ1) is 18.9. The lowest BCUT2D eigenvalue weighted by molar-refractivity contribution is -0.117. The summed E-state index contributed by atoms with van der Waals surface area (Å²) in [6.45, 7) is 6.35. The van der Waals surface area contributed by atoms with Crippen LogP contribution >= 0.6 is 11.3 Å². The Kier molecular flexibility index (Phi) is 9.72. The average molecular weight is 551 g/mol. The lowest BCUT2D eigenvalue weighted by Crippen LogP contribution is -2.18. The number of benzene rings is 1. The smallest absolute Gasteiger partial charge is 0.350 e. The molecule has 4 rings (SSSR count). The largest absolute Gasteiger partial charge is 0.461 e. The maximum atomic E-state index is 12.9. The van der Waals surface area contributed by atoms with Crippen LogP contribution in [0.5, 0.6) is 0 Å². The van der Waals surface area contributed by atoms with E-state index in [0.717, 1.165) is 59.0 Å². The molecule has 1 atom stereocenters. The molecule has 11 heteroatoms. The van der Waals surface area contributed by atoms with Gasteiger partial charge in [-0.1, -0.05) is 35.5 Å². The van der Waals surface area contributed by atoms with Gasteiger partial charge in [-0.25, -0.2) is 9.78 Å². The lowest BCUT2D eigenvalue weighted by Gasteiger charge is -2.16. The molecule has 1 aromatic carbocycles. The SMILES string of the molecule is CCCOC(=O)c1sc(NC(=O)C[C@H](CCCN)CCc2nccc3ccc(-c4noc(C)n4)cc23)nc1C. The Balaban J connectivity index is 1.43. The molecule has 0 fully saturated rings. The van der Waals surface area contributed by atoms with Gasteiger partial charge in [0.05, 0.1) is 12.3 Å². The second-order valence-corrected chi connectivity index (χ2v) is 10.5. The van der Waals surface area contributed by atoms with Gasteiger partial charge in [0.15, 0.2) is 5.13 Å². The number of nitrogens with zero attached hydrogens (tertiary/aromatic N) is 4. The van der Waals surface area contributed by atoms with Crippen LogP contribution in [0.15, 0.2) is 35.0 Å². The highest BCUT2D eigenvalue weighted by Gasteiger charge is 2.20. The van der Waals surface area contributed by atoms with Crippen molar-refractivity contribution in [3.63, 3.8) is 0 Å². The Hall–Kier alpha value is -3.70. The summed E-state index contributed by atoms with van der Waals surface area (Å²) in [5.41, 5.74) is 8.16. The van der Waals surface area contributed by atoms with Crippen LogP contribution in [-0.4, -0.2) is 45.1 Å². The van der Waals surface area contributed by atoms with Crippen LogP contribution in [0, 0.1) is 19.8 Å². The monoisotopic (exact) mass is 550 g/mol. The molecule has 206 valence electrons. The molecule has 1 amide bonds. The van der Waals surface area contributed by atoms with E-state index in [4.69, 9.17) is 15.0 Å².